The first-order valence-electron chi connectivity index (χ1n) is 9.22. The molecule has 4 rings (SSSR count). The normalized spacial score (nSPS) is 20.3. The summed E-state index contributed by atoms with van der Waals surface area (Å²) in [5.41, 5.74) is 0.831. The number of ether oxygens (including phenoxy) is 2. The topological polar surface area (TPSA) is 77.7 Å². The molecular weight excluding hydrogens is 334 g/mol. The van der Waals surface area contributed by atoms with E-state index in [9.17, 15) is 4.79 Å². The quantitative estimate of drug-likeness (QED) is 0.819. The Hall–Kier alpha value is -2.41. The number of aromatic nitrogens is 2. The Kier molecular flexibility index (Phi) is 5.15. The van der Waals surface area contributed by atoms with Gasteiger partial charge in [-0.2, -0.15) is 4.98 Å². The molecule has 1 aromatic heterocycles. The van der Waals surface area contributed by atoms with Gasteiger partial charge in [0, 0.05) is 31.2 Å². The molecule has 2 aliphatic heterocycles. The lowest BCUT2D eigenvalue weighted by Crippen LogP contribution is -2.38. The zero-order chi connectivity index (χ0) is 17.8. The first-order valence-corrected chi connectivity index (χ1v) is 9.22. The highest BCUT2D eigenvalue weighted by molar-refractivity contribution is 5.77. The zero-order valence-electron chi connectivity index (χ0n) is 14.7. The molecule has 0 N–H and O–H groups in total. The van der Waals surface area contributed by atoms with Crippen LogP contribution in [0.4, 0.5) is 0 Å². The van der Waals surface area contributed by atoms with Gasteiger partial charge in [-0.25, -0.2) is 0 Å². The van der Waals surface area contributed by atoms with Gasteiger partial charge in [0.2, 0.25) is 0 Å². The van der Waals surface area contributed by atoms with E-state index in [0.29, 0.717) is 24.1 Å². The zero-order valence-corrected chi connectivity index (χ0v) is 14.7. The third kappa shape index (κ3) is 3.88. The second-order valence-electron chi connectivity index (χ2n) is 6.77. The van der Waals surface area contributed by atoms with E-state index in [-0.39, 0.29) is 18.4 Å². The molecule has 138 valence electrons. The maximum atomic E-state index is 12.1. The number of hydrogen-bond acceptors (Lipinski definition) is 6. The van der Waals surface area contributed by atoms with Gasteiger partial charge in [-0.05, 0) is 49.9 Å². The molecule has 1 amide bonds. The Morgan fingerprint density at radius 2 is 2.00 bits per heavy atom. The maximum Gasteiger partial charge on any atom is 0.260 e. The van der Waals surface area contributed by atoms with Crippen molar-refractivity contribution in [2.75, 3.05) is 32.9 Å². The molecule has 7 heteroatoms. The third-order valence-electron chi connectivity index (χ3n) is 4.91. The molecule has 3 heterocycles. The van der Waals surface area contributed by atoms with Crippen LogP contribution in [0.1, 0.15) is 37.4 Å². The number of hydrogen-bond donors (Lipinski definition) is 0. The molecule has 2 aliphatic rings. The van der Waals surface area contributed by atoms with Crippen LogP contribution in [-0.4, -0.2) is 53.9 Å². The molecule has 1 aromatic carbocycles. The van der Waals surface area contributed by atoms with Crippen LogP contribution < -0.4 is 4.74 Å². The van der Waals surface area contributed by atoms with Crippen molar-refractivity contribution in [3.63, 3.8) is 0 Å². The van der Waals surface area contributed by atoms with E-state index in [4.69, 9.17) is 14.0 Å². The van der Waals surface area contributed by atoms with E-state index >= 15 is 0 Å². The summed E-state index contributed by atoms with van der Waals surface area (Å²) in [5.74, 6) is 2.11. The van der Waals surface area contributed by atoms with Crippen LogP contribution in [0.2, 0.25) is 0 Å². The molecule has 0 bridgehead atoms. The smallest absolute Gasteiger partial charge is 0.260 e. The molecule has 0 aliphatic carbocycles. The molecule has 0 radical (unpaired) electrons. The standard InChI is InChI=1S/C19H23N3O4/c23-17(22-9-2-1-3-10-22)13-25-16-6-4-14(5-7-16)19-20-18(21-26-19)15-8-11-24-12-15/h4-7,15H,1-3,8-13H2. The first-order chi connectivity index (χ1) is 12.8. The highest BCUT2D eigenvalue weighted by Gasteiger charge is 2.23. The summed E-state index contributed by atoms with van der Waals surface area (Å²) in [4.78, 5) is 18.5. The van der Waals surface area contributed by atoms with E-state index in [1.807, 2.05) is 29.2 Å². The van der Waals surface area contributed by atoms with Crippen LogP contribution in [-0.2, 0) is 9.53 Å². The molecule has 2 saturated heterocycles. The predicted octanol–water partition coefficient (Wildman–Crippen LogP) is 2.63. The van der Waals surface area contributed by atoms with Crippen molar-refractivity contribution >= 4 is 5.91 Å². The summed E-state index contributed by atoms with van der Waals surface area (Å²) in [7, 11) is 0. The molecule has 0 saturated carbocycles. The molecular formula is C19H23N3O4. The highest BCUT2D eigenvalue weighted by Crippen LogP contribution is 2.26. The summed E-state index contributed by atoms with van der Waals surface area (Å²) in [6.45, 7) is 3.15. The van der Waals surface area contributed by atoms with Crippen LogP contribution in [0.15, 0.2) is 28.8 Å². The lowest BCUT2D eigenvalue weighted by atomic mass is 10.1. The lowest BCUT2D eigenvalue weighted by molar-refractivity contribution is -0.134. The second-order valence-corrected chi connectivity index (χ2v) is 6.77. The molecule has 7 nitrogen and oxygen atoms in total. The van der Waals surface area contributed by atoms with Crippen LogP contribution >= 0.6 is 0 Å². The third-order valence-corrected chi connectivity index (χ3v) is 4.91. The Balaban J connectivity index is 1.33. The van der Waals surface area contributed by atoms with Gasteiger partial charge < -0.3 is 18.9 Å². The van der Waals surface area contributed by atoms with Gasteiger partial charge >= 0.3 is 0 Å². The van der Waals surface area contributed by atoms with Gasteiger partial charge in [-0.15, -0.1) is 0 Å². The minimum atomic E-state index is 0.0501. The number of nitrogens with zero attached hydrogens (tertiary/aromatic N) is 3. The fourth-order valence-corrected chi connectivity index (χ4v) is 3.33. The van der Waals surface area contributed by atoms with E-state index in [2.05, 4.69) is 10.1 Å². The number of amides is 1. The number of benzene rings is 1. The van der Waals surface area contributed by atoms with Gasteiger partial charge in [0.1, 0.15) is 5.75 Å². The Bertz CT molecular complexity index is 731. The number of carbonyl (C=O) groups excluding carboxylic acids is 1. The lowest BCUT2D eigenvalue weighted by Gasteiger charge is -2.26. The van der Waals surface area contributed by atoms with Crippen molar-refractivity contribution < 1.29 is 18.8 Å². The fraction of sp³-hybridized carbons (Fsp3) is 0.526. The molecule has 1 atom stereocenters. The van der Waals surface area contributed by atoms with Crippen molar-refractivity contribution in [1.82, 2.24) is 15.0 Å². The van der Waals surface area contributed by atoms with E-state index in [1.54, 1.807) is 0 Å². The number of likely N-dealkylation sites (tertiary alicyclic amines) is 1. The second kappa shape index (κ2) is 7.86. The largest absolute Gasteiger partial charge is 0.484 e. The summed E-state index contributed by atoms with van der Waals surface area (Å²) in [6, 6.07) is 7.37. The van der Waals surface area contributed by atoms with Crippen LogP contribution in [0.5, 0.6) is 5.75 Å². The van der Waals surface area contributed by atoms with Gasteiger partial charge in [0.05, 0.1) is 6.61 Å². The van der Waals surface area contributed by atoms with Gasteiger partial charge in [0.15, 0.2) is 12.4 Å². The summed E-state index contributed by atoms with van der Waals surface area (Å²) >= 11 is 0. The van der Waals surface area contributed by atoms with E-state index in [1.165, 1.54) is 6.42 Å². The molecule has 1 unspecified atom stereocenters. The monoisotopic (exact) mass is 357 g/mol. The summed E-state index contributed by atoms with van der Waals surface area (Å²) in [5, 5.41) is 4.06. The summed E-state index contributed by atoms with van der Waals surface area (Å²) < 4.78 is 16.3. The van der Waals surface area contributed by atoms with Gasteiger partial charge in [-0.1, -0.05) is 5.16 Å². The van der Waals surface area contributed by atoms with Crippen molar-refractivity contribution in [3.8, 4) is 17.2 Å². The van der Waals surface area contributed by atoms with Crippen molar-refractivity contribution in [3.05, 3.63) is 30.1 Å². The number of rotatable bonds is 5. The summed E-state index contributed by atoms with van der Waals surface area (Å²) in [6.07, 6.45) is 4.30. The average Bonchev–Trinajstić information content (AvgIpc) is 3.39. The SMILES string of the molecule is O=C(COc1ccc(-c2nc(C3CCOC3)no2)cc1)N1CCCCC1. The van der Waals surface area contributed by atoms with Crippen LogP contribution in [0.3, 0.4) is 0 Å². The van der Waals surface area contributed by atoms with E-state index < -0.39 is 0 Å². The number of piperidine rings is 1. The Morgan fingerprint density at radius 1 is 1.19 bits per heavy atom. The van der Waals surface area contributed by atoms with Crippen molar-refractivity contribution in [1.29, 1.82) is 0 Å². The van der Waals surface area contributed by atoms with Crippen LogP contribution in [0, 0.1) is 0 Å². The van der Waals surface area contributed by atoms with Crippen molar-refractivity contribution in [2.24, 2.45) is 0 Å². The van der Waals surface area contributed by atoms with Crippen molar-refractivity contribution in [2.45, 2.75) is 31.6 Å². The molecule has 26 heavy (non-hydrogen) atoms. The minimum Gasteiger partial charge on any atom is -0.484 e. The molecule has 2 fully saturated rings. The number of carbonyl (C=O) groups is 1. The highest BCUT2D eigenvalue weighted by atomic mass is 16.5. The Labute approximate surface area is 152 Å². The maximum absolute atomic E-state index is 12.1. The minimum absolute atomic E-state index is 0.0501. The molecule has 0 spiro atoms. The van der Waals surface area contributed by atoms with E-state index in [0.717, 1.165) is 44.5 Å². The van der Waals surface area contributed by atoms with Crippen LogP contribution in [0.25, 0.3) is 11.5 Å². The predicted molar refractivity (Wildman–Crippen MR) is 93.8 cm³/mol. The van der Waals surface area contributed by atoms with Gasteiger partial charge in [-0.3, -0.25) is 4.79 Å². The average molecular weight is 357 g/mol. The fourth-order valence-electron chi connectivity index (χ4n) is 3.33. The van der Waals surface area contributed by atoms with Gasteiger partial charge in [0.25, 0.3) is 11.8 Å². The Morgan fingerprint density at radius 3 is 2.73 bits per heavy atom. The first kappa shape index (κ1) is 17.0. The molecule has 2 aromatic rings.